The average molecular weight is 696 g/mol. The summed E-state index contributed by atoms with van der Waals surface area (Å²) in [4.78, 5) is 47.5. The van der Waals surface area contributed by atoms with Gasteiger partial charge in [-0.25, -0.2) is 9.59 Å². The van der Waals surface area contributed by atoms with E-state index in [1.165, 1.54) is 12.1 Å². The highest BCUT2D eigenvalue weighted by Gasteiger charge is 2.42. The number of methoxy groups -OCH3 is 1. The van der Waals surface area contributed by atoms with Gasteiger partial charge in [0.25, 0.3) is 0 Å². The summed E-state index contributed by atoms with van der Waals surface area (Å²) in [6, 6.07) is 7.68. The summed E-state index contributed by atoms with van der Waals surface area (Å²) in [7, 11) is -2.31. The van der Waals surface area contributed by atoms with Crippen molar-refractivity contribution in [2.24, 2.45) is 5.73 Å². The van der Waals surface area contributed by atoms with E-state index in [9.17, 15) is 41.5 Å². The highest BCUT2D eigenvalue weighted by Crippen LogP contribution is 2.57. The summed E-state index contributed by atoms with van der Waals surface area (Å²) in [6.07, 6.45) is -4.37. The summed E-state index contributed by atoms with van der Waals surface area (Å²) in [5, 5.41) is 1.89. The molecule has 2 aromatic rings. The predicted octanol–water partition coefficient (Wildman–Crippen LogP) is 3.78. The highest BCUT2D eigenvalue weighted by atomic mass is 79.9. The Morgan fingerprint density at radius 3 is 2.49 bits per heavy atom. The fourth-order valence-electron chi connectivity index (χ4n) is 4.09. The fraction of sp³-hybridized carbons (Fsp3) is 0.385. The molecule has 1 aliphatic rings. The first-order valence-electron chi connectivity index (χ1n) is 12.7. The van der Waals surface area contributed by atoms with Gasteiger partial charge in [-0.05, 0) is 48.6 Å². The fourth-order valence-corrected chi connectivity index (χ4v) is 6.44. The molecule has 0 spiro atoms. The van der Waals surface area contributed by atoms with E-state index in [-0.39, 0.29) is 31.7 Å². The Hall–Kier alpha value is -3.38. The average Bonchev–Trinajstić information content (AvgIpc) is 3.20. The van der Waals surface area contributed by atoms with Gasteiger partial charge in [-0.2, -0.15) is 13.2 Å². The lowest BCUT2D eigenvalue weighted by Gasteiger charge is -2.33. The van der Waals surface area contributed by atoms with Crippen molar-refractivity contribution in [2.45, 2.75) is 43.2 Å². The first kappa shape index (κ1) is 34.1. The molecule has 0 radical (unpaired) electrons. The molecule has 2 aromatic carbocycles. The van der Waals surface area contributed by atoms with E-state index in [4.69, 9.17) is 10.5 Å². The maximum absolute atomic E-state index is 12.6. The molecule has 1 aliphatic heterocycles. The lowest BCUT2D eigenvalue weighted by molar-refractivity contribution is -0.189. The Kier molecular flexibility index (Phi) is 11.4. The van der Waals surface area contributed by atoms with E-state index < -0.39 is 63.3 Å². The number of nitrogens with two attached hydrogens (primary N) is 1. The van der Waals surface area contributed by atoms with Gasteiger partial charge in [-0.3, -0.25) is 23.4 Å². The number of hydrogen-bond acceptors (Lipinski definition) is 10. The Morgan fingerprint density at radius 2 is 1.88 bits per heavy atom. The molecule has 236 valence electrons. The molecule has 0 aromatic heterocycles. The third-order valence-electron chi connectivity index (χ3n) is 6.18. The number of rotatable bonds is 12. The Labute approximate surface area is 254 Å². The second-order valence-electron chi connectivity index (χ2n) is 9.33. The second-order valence-corrected chi connectivity index (χ2v) is 12.1. The van der Waals surface area contributed by atoms with Crippen molar-refractivity contribution in [1.82, 2.24) is 10.0 Å². The maximum Gasteiger partial charge on any atom is 0.491 e. The van der Waals surface area contributed by atoms with Crippen molar-refractivity contribution >= 4 is 50.5 Å². The molecule has 0 bridgehead atoms. The van der Waals surface area contributed by atoms with Crippen LogP contribution in [0, 0.1) is 0 Å². The van der Waals surface area contributed by atoms with Crippen molar-refractivity contribution in [3.8, 4) is 11.5 Å². The minimum atomic E-state index is -5.27. The first-order chi connectivity index (χ1) is 20.1. The second kappa shape index (κ2) is 14.4. The smallest absolute Gasteiger partial charge is 0.491 e. The predicted molar refractivity (Wildman–Crippen MR) is 151 cm³/mol. The number of hydrogen-bond donors (Lipinski definition) is 5. The molecule has 1 fully saturated rings. The van der Waals surface area contributed by atoms with Crippen LogP contribution in [-0.2, 0) is 25.5 Å². The molecule has 1 unspecified atom stereocenters. The number of alkyl halides is 3. The van der Waals surface area contributed by atoms with Crippen LogP contribution >= 0.6 is 26.7 Å². The standard InChI is InChI=1S/C26H29BrF3N3O9S/c1-40-24(36)22-18(5-4-6-19(22)42-25(37)26(28,29)30)41-10-3-2-9-32-23(35)17(31)12-14-7-8-15(16(27)11-14)20-13-21(34)33-43(20,38)39/h4-8,11,17,20,38-39H,2-3,9-10,12-13,31H2,1H3,(H,32,35)(H,33,34)/t17-,20?/m0/s1. The van der Waals surface area contributed by atoms with Crippen molar-refractivity contribution < 1.29 is 55.7 Å². The van der Waals surface area contributed by atoms with Crippen LogP contribution in [0.4, 0.5) is 13.2 Å². The van der Waals surface area contributed by atoms with Crippen LogP contribution in [0.25, 0.3) is 0 Å². The van der Waals surface area contributed by atoms with Gasteiger partial charge in [0.1, 0.15) is 22.3 Å². The number of nitrogens with one attached hydrogen (secondary N) is 2. The largest absolute Gasteiger partial charge is 0.493 e. The number of amides is 2. The summed E-state index contributed by atoms with van der Waals surface area (Å²) >= 11 is 3.38. The molecule has 1 heterocycles. The van der Waals surface area contributed by atoms with E-state index in [2.05, 4.69) is 35.4 Å². The molecule has 0 saturated carbocycles. The van der Waals surface area contributed by atoms with E-state index in [1.807, 2.05) is 0 Å². The summed E-state index contributed by atoms with van der Waals surface area (Å²) in [6.45, 7) is 0.238. The molecule has 1 saturated heterocycles. The zero-order chi connectivity index (χ0) is 31.9. The molecular weight excluding hydrogens is 667 g/mol. The molecular formula is C26H29BrF3N3O9S. The van der Waals surface area contributed by atoms with E-state index in [1.54, 1.807) is 18.2 Å². The molecule has 6 N–H and O–H groups in total. The van der Waals surface area contributed by atoms with Gasteiger partial charge < -0.3 is 25.3 Å². The number of unbranched alkanes of at least 4 members (excludes halogenated alkanes) is 1. The zero-order valence-corrected chi connectivity index (χ0v) is 25.0. The minimum Gasteiger partial charge on any atom is -0.493 e. The van der Waals surface area contributed by atoms with Crippen LogP contribution in [0.5, 0.6) is 11.5 Å². The normalized spacial score (nSPS) is 17.4. The summed E-state index contributed by atoms with van der Waals surface area (Å²) in [5.41, 5.74) is 6.79. The van der Waals surface area contributed by atoms with Gasteiger partial charge in [0, 0.05) is 11.0 Å². The molecule has 3 rings (SSSR count). The van der Waals surface area contributed by atoms with Crippen LogP contribution < -0.4 is 25.2 Å². The molecule has 17 heteroatoms. The minimum absolute atomic E-state index is 0.00968. The molecule has 2 atom stereocenters. The summed E-state index contributed by atoms with van der Waals surface area (Å²) in [5.74, 6) is -5.27. The van der Waals surface area contributed by atoms with Gasteiger partial charge in [0.15, 0.2) is 0 Å². The molecule has 12 nitrogen and oxygen atoms in total. The van der Waals surface area contributed by atoms with Crippen molar-refractivity contribution in [2.75, 3.05) is 20.3 Å². The number of carbonyl (C=O) groups excluding carboxylic acids is 4. The maximum atomic E-state index is 12.6. The van der Waals surface area contributed by atoms with Gasteiger partial charge in [-0.1, -0.05) is 34.1 Å². The molecule has 2 amide bonds. The van der Waals surface area contributed by atoms with E-state index in [0.29, 0.717) is 28.4 Å². The van der Waals surface area contributed by atoms with Gasteiger partial charge in [-0.15, -0.1) is 10.8 Å². The van der Waals surface area contributed by atoms with Gasteiger partial charge in [0.2, 0.25) is 11.8 Å². The topological polar surface area (TPSA) is 187 Å². The SMILES string of the molecule is COC(=O)c1c(OCCCCNC(=O)[C@@H](N)Cc2ccc(C3CC(=O)NS3(O)O)c(Br)c2)cccc1OC(=O)C(F)(F)F. The Bertz CT molecular complexity index is 1380. The molecule has 0 aliphatic carbocycles. The van der Waals surface area contributed by atoms with Crippen LogP contribution in [0.2, 0.25) is 0 Å². The van der Waals surface area contributed by atoms with Crippen LogP contribution in [-0.4, -0.2) is 65.3 Å². The van der Waals surface area contributed by atoms with Crippen molar-refractivity contribution in [3.63, 3.8) is 0 Å². The quantitative estimate of drug-likeness (QED) is 0.124. The number of esters is 2. The number of benzene rings is 2. The summed E-state index contributed by atoms with van der Waals surface area (Å²) < 4.78 is 75.2. The van der Waals surface area contributed by atoms with E-state index >= 15 is 0 Å². The highest BCUT2D eigenvalue weighted by molar-refractivity contribution is 9.10. The van der Waals surface area contributed by atoms with Gasteiger partial charge in [0.05, 0.1) is 26.2 Å². The van der Waals surface area contributed by atoms with Crippen LogP contribution in [0.1, 0.15) is 46.0 Å². The lowest BCUT2D eigenvalue weighted by atomic mass is 10.0. The number of ether oxygens (including phenoxy) is 3. The third kappa shape index (κ3) is 9.06. The van der Waals surface area contributed by atoms with Crippen LogP contribution in [0.15, 0.2) is 40.9 Å². The monoisotopic (exact) mass is 695 g/mol. The molecule has 43 heavy (non-hydrogen) atoms. The number of halogens is 4. The number of carbonyl (C=O) groups is 4. The lowest BCUT2D eigenvalue weighted by Crippen LogP contribution is -2.42. The van der Waals surface area contributed by atoms with Crippen LogP contribution in [0.3, 0.4) is 0 Å². The third-order valence-corrected chi connectivity index (χ3v) is 8.60. The Balaban J connectivity index is 1.47. The van der Waals surface area contributed by atoms with Crippen molar-refractivity contribution in [3.05, 3.63) is 57.6 Å². The first-order valence-corrected chi connectivity index (χ1v) is 15.1. The van der Waals surface area contributed by atoms with E-state index in [0.717, 1.165) is 13.2 Å². The Morgan fingerprint density at radius 1 is 1.19 bits per heavy atom. The van der Waals surface area contributed by atoms with Gasteiger partial charge >= 0.3 is 18.1 Å². The zero-order valence-electron chi connectivity index (χ0n) is 22.6. The van der Waals surface area contributed by atoms with Crippen molar-refractivity contribution in [1.29, 1.82) is 0 Å².